The Bertz CT molecular complexity index is 1140. The van der Waals surface area contributed by atoms with Gasteiger partial charge in [0.05, 0.1) is 17.4 Å². The molecule has 0 saturated carbocycles. The first-order chi connectivity index (χ1) is 14.3. The van der Waals surface area contributed by atoms with E-state index in [4.69, 9.17) is 10.1 Å². The van der Waals surface area contributed by atoms with E-state index >= 15 is 0 Å². The van der Waals surface area contributed by atoms with Crippen molar-refractivity contribution >= 4 is 61.8 Å². The van der Waals surface area contributed by atoms with Crippen LogP contribution in [0.25, 0.3) is 11.3 Å². The highest BCUT2D eigenvalue weighted by atomic mass is 127. The van der Waals surface area contributed by atoms with Crippen LogP contribution in [0.15, 0.2) is 95.4 Å². The topological polar surface area (TPSA) is 28.5 Å². The number of anilines is 1. The molecule has 3 aromatic carbocycles. The molecule has 6 heteroatoms. The standard InChI is InChI=1S/C24H18IN3S.BrH/c25-20-13-11-18(12-14-20)22-16-29-24(26-22)28-23(19-9-5-2-6-10-19)15-21(27-28)17-7-3-1-4-8-17;/h1-14,16,23H,15H2;1H. The molecule has 0 saturated heterocycles. The molecule has 1 unspecified atom stereocenters. The molecule has 0 aliphatic carbocycles. The molecule has 150 valence electrons. The second kappa shape index (κ2) is 9.41. The van der Waals surface area contributed by atoms with Crippen LogP contribution in [0.2, 0.25) is 0 Å². The van der Waals surface area contributed by atoms with E-state index in [2.05, 4.69) is 112 Å². The van der Waals surface area contributed by atoms with Crippen LogP contribution in [0, 0.1) is 3.57 Å². The predicted molar refractivity (Wildman–Crippen MR) is 140 cm³/mol. The maximum atomic E-state index is 5.00. The summed E-state index contributed by atoms with van der Waals surface area (Å²) in [6.45, 7) is 0. The lowest BCUT2D eigenvalue weighted by molar-refractivity contribution is 0.706. The van der Waals surface area contributed by atoms with Crippen molar-refractivity contribution in [2.24, 2.45) is 5.10 Å². The highest BCUT2D eigenvalue weighted by molar-refractivity contribution is 14.1. The molecule has 0 radical (unpaired) electrons. The molecule has 0 spiro atoms. The molecule has 1 aliphatic rings. The first-order valence-electron chi connectivity index (χ1n) is 9.46. The molecule has 0 bridgehead atoms. The molecule has 0 fully saturated rings. The number of thiazole rings is 1. The molecule has 1 aromatic heterocycles. The van der Waals surface area contributed by atoms with E-state index in [0.717, 1.165) is 28.5 Å². The smallest absolute Gasteiger partial charge is 0.207 e. The number of benzene rings is 3. The van der Waals surface area contributed by atoms with Crippen molar-refractivity contribution in [1.29, 1.82) is 0 Å². The normalized spacial score (nSPS) is 15.6. The Morgan fingerprint density at radius 3 is 2.20 bits per heavy atom. The molecule has 5 rings (SSSR count). The molecule has 4 aromatic rings. The fourth-order valence-electron chi connectivity index (χ4n) is 3.55. The number of hydrogen-bond acceptors (Lipinski definition) is 4. The minimum Gasteiger partial charge on any atom is -0.231 e. The Morgan fingerprint density at radius 1 is 0.833 bits per heavy atom. The fraction of sp³-hybridized carbons (Fsp3) is 0.0833. The Kier molecular flexibility index (Phi) is 6.65. The summed E-state index contributed by atoms with van der Waals surface area (Å²) >= 11 is 3.97. The second-order valence-electron chi connectivity index (χ2n) is 6.91. The zero-order chi connectivity index (χ0) is 19.6. The number of aromatic nitrogens is 1. The Balaban J connectivity index is 0.00000218. The Hall–Kier alpha value is -2.03. The van der Waals surface area contributed by atoms with Crippen molar-refractivity contribution in [3.05, 3.63) is 105 Å². The summed E-state index contributed by atoms with van der Waals surface area (Å²) in [5.74, 6) is 0. The minimum absolute atomic E-state index is 0. The highest BCUT2D eigenvalue weighted by Crippen LogP contribution is 2.39. The van der Waals surface area contributed by atoms with Crippen molar-refractivity contribution in [2.75, 3.05) is 5.01 Å². The van der Waals surface area contributed by atoms with E-state index in [1.165, 1.54) is 14.7 Å². The lowest BCUT2D eigenvalue weighted by atomic mass is 9.99. The van der Waals surface area contributed by atoms with Crippen LogP contribution in [0.1, 0.15) is 23.6 Å². The maximum Gasteiger partial charge on any atom is 0.207 e. The van der Waals surface area contributed by atoms with E-state index < -0.39 is 0 Å². The molecular formula is C24H19BrIN3S. The van der Waals surface area contributed by atoms with Gasteiger partial charge in [0.25, 0.3) is 0 Å². The Morgan fingerprint density at radius 2 is 1.50 bits per heavy atom. The third kappa shape index (κ3) is 4.36. The van der Waals surface area contributed by atoms with Crippen molar-refractivity contribution in [3.63, 3.8) is 0 Å². The van der Waals surface area contributed by atoms with Crippen molar-refractivity contribution in [3.8, 4) is 11.3 Å². The average molecular weight is 588 g/mol. The van der Waals surface area contributed by atoms with Crippen LogP contribution in [-0.2, 0) is 0 Å². The quantitative estimate of drug-likeness (QED) is 0.234. The summed E-state index contributed by atoms with van der Waals surface area (Å²) in [5, 5.41) is 10.1. The van der Waals surface area contributed by atoms with Gasteiger partial charge in [0, 0.05) is 20.9 Å². The molecule has 30 heavy (non-hydrogen) atoms. The summed E-state index contributed by atoms with van der Waals surface area (Å²) in [5.41, 5.74) is 5.66. The monoisotopic (exact) mass is 587 g/mol. The number of nitrogens with zero attached hydrogens (tertiary/aromatic N) is 3. The van der Waals surface area contributed by atoms with Crippen molar-refractivity contribution < 1.29 is 0 Å². The number of halogens is 2. The van der Waals surface area contributed by atoms with Gasteiger partial charge in [-0.1, -0.05) is 72.8 Å². The van der Waals surface area contributed by atoms with Crippen LogP contribution in [0.3, 0.4) is 0 Å². The van der Waals surface area contributed by atoms with Crippen LogP contribution in [0.5, 0.6) is 0 Å². The van der Waals surface area contributed by atoms with Gasteiger partial charge in [-0.25, -0.2) is 9.99 Å². The fourth-order valence-corrected chi connectivity index (χ4v) is 4.74. The van der Waals surface area contributed by atoms with Crippen molar-refractivity contribution in [2.45, 2.75) is 12.5 Å². The molecule has 1 atom stereocenters. The number of rotatable bonds is 4. The summed E-state index contributed by atoms with van der Waals surface area (Å²) in [6.07, 6.45) is 0.868. The van der Waals surface area contributed by atoms with Crippen LogP contribution in [-0.4, -0.2) is 10.7 Å². The average Bonchev–Trinajstić information content (AvgIpc) is 3.43. The van der Waals surface area contributed by atoms with Crippen molar-refractivity contribution in [1.82, 2.24) is 4.98 Å². The zero-order valence-electron chi connectivity index (χ0n) is 16.0. The lowest BCUT2D eigenvalue weighted by Gasteiger charge is -2.21. The largest absolute Gasteiger partial charge is 0.231 e. The molecule has 0 N–H and O–H groups in total. The van der Waals surface area contributed by atoms with E-state index in [-0.39, 0.29) is 23.0 Å². The summed E-state index contributed by atoms with van der Waals surface area (Å²) < 4.78 is 1.22. The number of hydrazone groups is 1. The van der Waals surface area contributed by atoms with Gasteiger partial charge >= 0.3 is 0 Å². The summed E-state index contributed by atoms with van der Waals surface area (Å²) in [4.78, 5) is 4.93. The molecule has 1 aliphatic heterocycles. The van der Waals surface area contributed by atoms with Crippen LogP contribution in [0.4, 0.5) is 5.13 Å². The predicted octanol–water partition coefficient (Wildman–Crippen LogP) is 7.35. The lowest BCUT2D eigenvalue weighted by Crippen LogP contribution is -2.18. The van der Waals surface area contributed by atoms with Gasteiger partial charge in [0.2, 0.25) is 5.13 Å². The third-order valence-corrected chi connectivity index (χ3v) is 6.58. The van der Waals surface area contributed by atoms with Gasteiger partial charge in [-0.2, -0.15) is 5.10 Å². The SMILES string of the molecule is Br.Ic1ccc(-c2csc(N3N=C(c4ccccc4)CC3c3ccccc3)n2)cc1. The number of hydrogen-bond donors (Lipinski definition) is 0. The van der Waals surface area contributed by atoms with Gasteiger partial charge in [0.1, 0.15) is 0 Å². The minimum atomic E-state index is 0. The van der Waals surface area contributed by atoms with Gasteiger partial charge in [-0.15, -0.1) is 28.3 Å². The van der Waals surface area contributed by atoms with Crippen LogP contribution >= 0.6 is 50.9 Å². The van der Waals surface area contributed by atoms with Crippen LogP contribution < -0.4 is 5.01 Å². The molecular weight excluding hydrogens is 569 g/mol. The molecule has 2 heterocycles. The van der Waals surface area contributed by atoms with Gasteiger partial charge < -0.3 is 0 Å². The summed E-state index contributed by atoms with van der Waals surface area (Å²) in [6, 6.07) is 29.6. The summed E-state index contributed by atoms with van der Waals surface area (Å²) in [7, 11) is 0. The maximum absolute atomic E-state index is 5.00. The Labute approximate surface area is 204 Å². The van der Waals surface area contributed by atoms with E-state index in [1.54, 1.807) is 11.3 Å². The van der Waals surface area contributed by atoms with E-state index in [1.807, 2.05) is 6.07 Å². The molecule has 3 nitrogen and oxygen atoms in total. The van der Waals surface area contributed by atoms with E-state index in [0.29, 0.717) is 0 Å². The first-order valence-corrected chi connectivity index (χ1v) is 11.4. The third-order valence-electron chi connectivity index (χ3n) is 5.03. The van der Waals surface area contributed by atoms with E-state index in [9.17, 15) is 0 Å². The van der Waals surface area contributed by atoms with Gasteiger partial charge in [0.15, 0.2) is 0 Å². The highest BCUT2D eigenvalue weighted by Gasteiger charge is 2.31. The first kappa shape index (κ1) is 21.2. The van der Waals surface area contributed by atoms with Gasteiger partial charge in [-0.3, -0.25) is 0 Å². The zero-order valence-corrected chi connectivity index (χ0v) is 20.7. The second-order valence-corrected chi connectivity index (χ2v) is 8.99. The van der Waals surface area contributed by atoms with Gasteiger partial charge in [-0.05, 0) is 45.9 Å². The molecule has 0 amide bonds.